The van der Waals surface area contributed by atoms with Crippen molar-refractivity contribution in [3.63, 3.8) is 0 Å². The summed E-state index contributed by atoms with van der Waals surface area (Å²) in [6.45, 7) is 0.213. The van der Waals surface area contributed by atoms with E-state index in [9.17, 15) is 14.0 Å². The number of hydrogen-bond donors (Lipinski definition) is 3. The molecule has 5 nitrogen and oxygen atoms in total. The van der Waals surface area contributed by atoms with E-state index in [-0.39, 0.29) is 29.5 Å². The van der Waals surface area contributed by atoms with E-state index in [2.05, 4.69) is 10.6 Å². The van der Waals surface area contributed by atoms with Crippen molar-refractivity contribution in [2.75, 3.05) is 17.2 Å². The molecule has 23 heavy (non-hydrogen) atoms. The monoisotopic (exact) mass is 335 g/mol. The fourth-order valence-corrected chi connectivity index (χ4v) is 2.19. The molecule has 0 aliphatic heterocycles. The number of rotatable bonds is 5. The van der Waals surface area contributed by atoms with Crippen LogP contribution in [0.1, 0.15) is 16.8 Å². The zero-order chi connectivity index (χ0) is 16.8. The summed E-state index contributed by atoms with van der Waals surface area (Å²) in [6.07, 6.45) is 0.154. The topological polar surface area (TPSA) is 84.2 Å². The lowest BCUT2D eigenvalue weighted by Crippen LogP contribution is -2.19. The maximum absolute atomic E-state index is 13.8. The van der Waals surface area contributed by atoms with Crippen LogP contribution in [-0.2, 0) is 4.79 Å². The lowest BCUT2D eigenvalue weighted by molar-refractivity contribution is -0.116. The molecule has 0 saturated heterocycles. The van der Waals surface area contributed by atoms with Crippen molar-refractivity contribution < 1.29 is 14.0 Å². The molecule has 0 fully saturated rings. The summed E-state index contributed by atoms with van der Waals surface area (Å²) in [6, 6.07) is 10.6. The van der Waals surface area contributed by atoms with E-state index in [0.717, 1.165) is 6.07 Å². The second-order valence-electron chi connectivity index (χ2n) is 4.68. The molecule has 2 rings (SSSR count). The number of carbonyl (C=O) groups is 2. The summed E-state index contributed by atoms with van der Waals surface area (Å²) in [7, 11) is 0. The van der Waals surface area contributed by atoms with Gasteiger partial charge in [0.05, 0.1) is 22.0 Å². The maximum Gasteiger partial charge on any atom is 0.260 e. The minimum atomic E-state index is -0.723. The van der Waals surface area contributed by atoms with Crippen molar-refractivity contribution in [3.05, 3.63) is 58.9 Å². The van der Waals surface area contributed by atoms with E-state index in [4.69, 9.17) is 17.3 Å². The average Bonchev–Trinajstić information content (AvgIpc) is 2.49. The van der Waals surface area contributed by atoms with Gasteiger partial charge in [-0.3, -0.25) is 9.59 Å². The van der Waals surface area contributed by atoms with Crippen LogP contribution in [0.25, 0.3) is 0 Å². The fourth-order valence-electron chi connectivity index (χ4n) is 1.94. The lowest BCUT2D eigenvalue weighted by Gasteiger charge is -2.13. The number of nitrogens with two attached hydrogens (primary N) is 1. The predicted octanol–water partition coefficient (Wildman–Crippen LogP) is 3.02. The highest BCUT2D eigenvalue weighted by Gasteiger charge is 2.17. The Balaban J connectivity index is 2.23. The Hall–Kier alpha value is -2.44. The van der Waals surface area contributed by atoms with Crippen LogP contribution in [0.2, 0.25) is 5.02 Å². The second kappa shape index (κ2) is 7.71. The quantitative estimate of drug-likeness (QED) is 0.785. The molecule has 4 N–H and O–H groups in total. The molecule has 0 bridgehead atoms. The van der Waals surface area contributed by atoms with Gasteiger partial charge < -0.3 is 16.4 Å². The van der Waals surface area contributed by atoms with Crippen molar-refractivity contribution >= 4 is 34.8 Å². The maximum atomic E-state index is 13.8. The molecule has 2 amide bonds. The molecular weight excluding hydrogens is 321 g/mol. The predicted molar refractivity (Wildman–Crippen MR) is 88.1 cm³/mol. The highest BCUT2D eigenvalue weighted by molar-refractivity contribution is 6.34. The van der Waals surface area contributed by atoms with E-state index in [0.29, 0.717) is 11.4 Å². The van der Waals surface area contributed by atoms with Crippen LogP contribution in [0.4, 0.5) is 15.8 Å². The summed E-state index contributed by atoms with van der Waals surface area (Å²) >= 11 is 5.87. The minimum Gasteiger partial charge on any atom is -0.330 e. The van der Waals surface area contributed by atoms with Crippen molar-refractivity contribution in [2.45, 2.75) is 6.42 Å². The van der Waals surface area contributed by atoms with E-state index < -0.39 is 11.7 Å². The van der Waals surface area contributed by atoms with Crippen LogP contribution < -0.4 is 16.4 Å². The Kier molecular flexibility index (Phi) is 5.67. The van der Waals surface area contributed by atoms with E-state index in [1.54, 1.807) is 24.3 Å². The molecule has 0 aliphatic carbocycles. The third kappa shape index (κ3) is 4.28. The summed E-state index contributed by atoms with van der Waals surface area (Å²) in [4.78, 5) is 23.9. The SMILES string of the molecule is NCCC(=O)Nc1ccccc1NC(=O)c1c(F)cccc1Cl. The number of carbonyl (C=O) groups excluding carboxylic acids is 2. The van der Waals surface area contributed by atoms with Gasteiger partial charge >= 0.3 is 0 Å². The average molecular weight is 336 g/mol. The van der Waals surface area contributed by atoms with Crippen LogP contribution in [0.5, 0.6) is 0 Å². The van der Waals surface area contributed by atoms with Gasteiger partial charge in [0.25, 0.3) is 5.91 Å². The number of para-hydroxylation sites is 2. The molecule has 7 heteroatoms. The van der Waals surface area contributed by atoms with Crippen molar-refractivity contribution in [1.82, 2.24) is 0 Å². The Bertz CT molecular complexity index is 717. The molecule has 0 heterocycles. The van der Waals surface area contributed by atoms with Crippen molar-refractivity contribution in [2.24, 2.45) is 5.73 Å². The van der Waals surface area contributed by atoms with Gasteiger partial charge in [-0.15, -0.1) is 0 Å². The van der Waals surface area contributed by atoms with Gasteiger partial charge in [-0.1, -0.05) is 29.8 Å². The first kappa shape index (κ1) is 16.9. The molecule has 0 aliphatic rings. The number of halogens is 2. The standard InChI is InChI=1S/C16H15ClFN3O2/c17-10-4-3-5-11(18)15(10)16(23)21-13-7-2-1-6-12(13)20-14(22)8-9-19/h1-7H,8-9,19H2,(H,20,22)(H,21,23). The lowest BCUT2D eigenvalue weighted by atomic mass is 10.2. The van der Waals surface area contributed by atoms with Gasteiger partial charge in [-0.05, 0) is 24.3 Å². The highest BCUT2D eigenvalue weighted by atomic mass is 35.5. The Morgan fingerprint density at radius 3 is 2.30 bits per heavy atom. The van der Waals surface area contributed by atoms with Gasteiger partial charge in [0.15, 0.2) is 0 Å². The molecule has 120 valence electrons. The Labute approximate surface area is 137 Å². The van der Waals surface area contributed by atoms with Gasteiger partial charge in [0, 0.05) is 13.0 Å². The summed E-state index contributed by atoms with van der Waals surface area (Å²) in [5, 5.41) is 5.19. The molecule has 2 aromatic rings. The zero-order valence-corrected chi connectivity index (χ0v) is 12.9. The third-order valence-electron chi connectivity index (χ3n) is 3.01. The van der Waals surface area contributed by atoms with Crippen LogP contribution in [-0.4, -0.2) is 18.4 Å². The van der Waals surface area contributed by atoms with Gasteiger partial charge in [-0.25, -0.2) is 4.39 Å². The zero-order valence-electron chi connectivity index (χ0n) is 12.1. The second-order valence-corrected chi connectivity index (χ2v) is 5.09. The normalized spacial score (nSPS) is 10.2. The molecule has 2 aromatic carbocycles. The molecular formula is C16H15ClFN3O2. The minimum absolute atomic E-state index is 0.00662. The largest absolute Gasteiger partial charge is 0.330 e. The number of amides is 2. The molecule has 0 saturated carbocycles. The first-order chi connectivity index (χ1) is 11.0. The smallest absolute Gasteiger partial charge is 0.260 e. The van der Waals surface area contributed by atoms with Gasteiger partial charge in [-0.2, -0.15) is 0 Å². The van der Waals surface area contributed by atoms with E-state index in [1.807, 2.05) is 0 Å². The summed E-state index contributed by atoms with van der Waals surface area (Å²) in [5.74, 6) is -1.70. The van der Waals surface area contributed by atoms with E-state index in [1.165, 1.54) is 12.1 Å². The number of nitrogens with one attached hydrogen (secondary N) is 2. The van der Waals surface area contributed by atoms with E-state index >= 15 is 0 Å². The number of anilines is 2. The summed E-state index contributed by atoms with van der Waals surface area (Å²) < 4.78 is 13.8. The Morgan fingerprint density at radius 2 is 1.70 bits per heavy atom. The molecule has 0 unspecified atom stereocenters. The first-order valence-electron chi connectivity index (χ1n) is 6.87. The number of benzene rings is 2. The fraction of sp³-hybridized carbons (Fsp3) is 0.125. The van der Waals surface area contributed by atoms with Crippen LogP contribution in [0.15, 0.2) is 42.5 Å². The summed E-state index contributed by atoms with van der Waals surface area (Å²) in [5.41, 5.74) is 5.80. The molecule has 0 atom stereocenters. The Morgan fingerprint density at radius 1 is 1.04 bits per heavy atom. The highest BCUT2D eigenvalue weighted by Crippen LogP contribution is 2.24. The molecule has 0 radical (unpaired) electrons. The van der Waals surface area contributed by atoms with Crippen LogP contribution in [0.3, 0.4) is 0 Å². The first-order valence-corrected chi connectivity index (χ1v) is 7.25. The van der Waals surface area contributed by atoms with Crippen LogP contribution >= 0.6 is 11.6 Å². The number of hydrogen-bond acceptors (Lipinski definition) is 3. The van der Waals surface area contributed by atoms with Gasteiger partial charge in [0.2, 0.25) is 5.91 Å². The molecule has 0 aromatic heterocycles. The van der Waals surface area contributed by atoms with Crippen molar-refractivity contribution in [1.29, 1.82) is 0 Å². The van der Waals surface area contributed by atoms with Crippen molar-refractivity contribution in [3.8, 4) is 0 Å². The van der Waals surface area contributed by atoms with Crippen LogP contribution in [0, 0.1) is 5.82 Å². The van der Waals surface area contributed by atoms with Gasteiger partial charge in [0.1, 0.15) is 5.82 Å². The third-order valence-corrected chi connectivity index (χ3v) is 3.33. The molecule has 0 spiro atoms.